The van der Waals surface area contributed by atoms with Crippen molar-refractivity contribution < 1.29 is 14.6 Å². The van der Waals surface area contributed by atoms with Crippen LogP contribution in [0.3, 0.4) is 0 Å². The molecule has 0 radical (unpaired) electrons. The Bertz CT molecular complexity index is 866. The lowest BCUT2D eigenvalue weighted by Crippen LogP contribution is -2.49. The summed E-state index contributed by atoms with van der Waals surface area (Å²) in [5.74, 6) is 1.10. The summed E-state index contributed by atoms with van der Waals surface area (Å²) in [5.41, 5.74) is 3.52. The van der Waals surface area contributed by atoms with E-state index in [1.807, 2.05) is 6.07 Å². The molecule has 0 aromatic heterocycles. The Morgan fingerprint density at radius 1 is 1.19 bits per heavy atom. The van der Waals surface area contributed by atoms with Crippen LogP contribution < -0.4 is 9.64 Å². The molecular weight excluding hydrogens is 386 g/mol. The molecule has 3 atom stereocenters. The monoisotopic (exact) mass is 421 g/mol. The van der Waals surface area contributed by atoms with E-state index in [-0.39, 0.29) is 6.10 Å². The van der Waals surface area contributed by atoms with Crippen molar-refractivity contribution in [3.05, 3.63) is 53.6 Å². The maximum Gasteiger partial charge on any atom is 0.125 e. The first-order valence-electron chi connectivity index (χ1n) is 11.9. The van der Waals surface area contributed by atoms with Crippen molar-refractivity contribution in [3.63, 3.8) is 0 Å². The van der Waals surface area contributed by atoms with Gasteiger partial charge in [0.25, 0.3) is 0 Å². The number of hydrogen-bond donors (Lipinski definition) is 1. The van der Waals surface area contributed by atoms with Crippen LogP contribution in [0.25, 0.3) is 0 Å². The largest absolute Gasteiger partial charge is 0.507 e. The number of rotatable bonds is 9. The molecule has 0 aliphatic carbocycles. The summed E-state index contributed by atoms with van der Waals surface area (Å²) < 4.78 is 6.25. The highest BCUT2D eigenvalue weighted by atomic mass is 16.5. The average Bonchev–Trinajstić information content (AvgIpc) is 2.78. The third-order valence-electron chi connectivity index (χ3n) is 6.92. The molecule has 4 rings (SSSR count). The zero-order valence-corrected chi connectivity index (χ0v) is 18.6. The van der Waals surface area contributed by atoms with Crippen LogP contribution in [-0.2, 0) is 17.6 Å². The third-order valence-corrected chi connectivity index (χ3v) is 6.92. The van der Waals surface area contributed by atoms with Crippen molar-refractivity contribution in [2.45, 2.75) is 89.3 Å². The smallest absolute Gasteiger partial charge is 0.125 e. The standard InChI is InChI=1S/C27H35NO3/c1-20(8-5-11-21-9-3-2-4-10-21)31-24-18-26-25(27(30)19-24)16-15-23-13-6-12-22(28(23)26)14-7-17-29/h2-4,9-10,17-20,22-23,30H,5-8,11-16H2,1H3. The number of aromatic hydroxyl groups is 1. The van der Waals surface area contributed by atoms with Gasteiger partial charge in [0, 0.05) is 41.9 Å². The normalized spacial score (nSPS) is 21.1. The molecule has 1 saturated heterocycles. The Kier molecular flexibility index (Phi) is 7.16. The lowest BCUT2D eigenvalue weighted by atomic mass is 9.84. The van der Waals surface area contributed by atoms with E-state index in [1.54, 1.807) is 6.07 Å². The summed E-state index contributed by atoms with van der Waals surface area (Å²) in [6.45, 7) is 2.11. The number of phenols is 1. The lowest BCUT2D eigenvalue weighted by Gasteiger charge is -2.47. The SMILES string of the molecule is CC(CCCc1ccccc1)Oc1cc(O)c2c(c1)N1C(CCC=O)CCCC1CC2. The van der Waals surface area contributed by atoms with Crippen molar-refractivity contribution in [2.75, 3.05) is 4.90 Å². The van der Waals surface area contributed by atoms with E-state index >= 15 is 0 Å². The van der Waals surface area contributed by atoms with Gasteiger partial charge < -0.3 is 19.5 Å². The number of nitrogens with zero attached hydrogens (tertiary/aromatic N) is 1. The van der Waals surface area contributed by atoms with E-state index < -0.39 is 0 Å². The molecule has 0 amide bonds. The molecule has 0 saturated carbocycles. The zero-order valence-electron chi connectivity index (χ0n) is 18.6. The quantitative estimate of drug-likeness (QED) is 0.517. The molecule has 3 unspecified atom stereocenters. The van der Waals surface area contributed by atoms with Gasteiger partial charge in [-0.05, 0) is 70.3 Å². The maximum atomic E-state index is 11.0. The molecule has 2 aliphatic heterocycles. The first-order valence-corrected chi connectivity index (χ1v) is 11.9. The Balaban J connectivity index is 1.45. The van der Waals surface area contributed by atoms with Crippen LogP contribution >= 0.6 is 0 Å². The summed E-state index contributed by atoms with van der Waals surface area (Å²) in [6, 6.07) is 15.4. The van der Waals surface area contributed by atoms with Gasteiger partial charge in [0.2, 0.25) is 0 Å². The summed E-state index contributed by atoms with van der Waals surface area (Å²) in [7, 11) is 0. The van der Waals surface area contributed by atoms with Crippen molar-refractivity contribution >= 4 is 12.0 Å². The fraction of sp³-hybridized carbons (Fsp3) is 0.519. The number of aldehydes is 1. The van der Waals surface area contributed by atoms with E-state index in [9.17, 15) is 9.90 Å². The molecule has 2 aromatic carbocycles. The molecule has 2 heterocycles. The number of carbonyl (C=O) groups excluding carboxylic acids is 1. The predicted molar refractivity (Wildman–Crippen MR) is 125 cm³/mol. The Morgan fingerprint density at radius 3 is 2.84 bits per heavy atom. The summed E-state index contributed by atoms with van der Waals surface area (Å²) >= 11 is 0. The molecule has 0 bridgehead atoms. The van der Waals surface area contributed by atoms with Crippen LogP contribution in [0, 0.1) is 0 Å². The van der Waals surface area contributed by atoms with Gasteiger partial charge in [-0.15, -0.1) is 0 Å². The fourth-order valence-electron chi connectivity index (χ4n) is 5.40. The molecule has 166 valence electrons. The minimum absolute atomic E-state index is 0.0905. The Hall–Kier alpha value is -2.49. The number of phenolic OH excluding ortho intramolecular Hbond substituents is 1. The molecular formula is C27H35NO3. The Labute approximate surface area is 186 Å². The molecule has 2 aliphatic rings. The van der Waals surface area contributed by atoms with Crippen LogP contribution in [-0.4, -0.2) is 29.6 Å². The van der Waals surface area contributed by atoms with Crippen LogP contribution in [0.4, 0.5) is 5.69 Å². The number of piperidine rings is 1. The second kappa shape index (κ2) is 10.2. The Morgan fingerprint density at radius 2 is 2.03 bits per heavy atom. The van der Waals surface area contributed by atoms with Gasteiger partial charge in [-0.1, -0.05) is 30.3 Å². The van der Waals surface area contributed by atoms with Crippen molar-refractivity contribution in [1.82, 2.24) is 0 Å². The lowest BCUT2D eigenvalue weighted by molar-refractivity contribution is -0.108. The number of ether oxygens (including phenoxy) is 1. The highest BCUT2D eigenvalue weighted by molar-refractivity contribution is 5.66. The van der Waals surface area contributed by atoms with Crippen molar-refractivity contribution in [2.24, 2.45) is 0 Å². The maximum absolute atomic E-state index is 11.0. The highest BCUT2D eigenvalue weighted by Gasteiger charge is 2.35. The van der Waals surface area contributed by atoms with Gasteiger partial charge in [-0.3, -0.25) is 0 Å². The van der Waals surface area contributed by atoms with Gasteiger partial charge in [-0.2, -0.15) is 0 Å². The molecule has 31 heavy (non-hydrogen) atoms. The van der Waals surface area contributed by atoms with E-state index in [2.05, 4.69) is 42.2 Å². The zero-order chi connectivity index (χ0) is 21.6. The molecule has 1 N–H and O–H groups in total. The topological polar surface area (TPSA) is 49.8 Å². The number of anilines is 1. The number of benzene rings is 2. The van der Waals surface area contributed by atoms with E-state index in [0.29, 0.717) is 24.3 Å². The van der Waals surface area contributed by atoms with Crippen LogP contribution in [0.15, 0.2) is 42.5 Å². The number of aryl methyl sites for hydroxylation is 1. The van der Waals surface area contributed by atoms with Crippen LogP contribution in [0.2, 0.25) is 0 Å². The first kappa shape index (κ1) is 21.7. The molecule has 0 spiro atoms. The van der Waals surface area contributed by atoms with Crippen molar-refractivity contribution in [3.8, 4) is 11.5 Å². The number of hydrogen-bond acceptors (Lipinski definition) is 4. The minimum atomic E-state index is 0.0905. The predicted octanol–water partition coefficient (Wildman–Crippen LogP) is 5.84. The van der Waals surface area contributed by atoms with E-state index in [1.165, 1.54) is 18.4 Å². The van der Waals surface area contributed by atoms with Gasteiger partial charge in [0.15, 0.2) is 0 Å². The number of fused-ring (bicyclic) bond motifs is 3. The third kappa shape index (κ3) is 5.23. The summed E-state index contributed by atoms with van der Waals surface area (Å²) in [5, 5.41) is 10.8. The molecule has 4 heteroatoms. The van der Waals surface area contributed by atoms with Gasteiger partial charge in [0.05, 0.1) is 6.10 Å². The van der Waals surface area contributed by atoms with Crippen LogP contribution in [0.5, 0.6) is 11.5 Å². The van der Waals surface area contributed by atoms with E-state index in [0.717, 1.165) is 68.2 Å². The van der Waals surface area contributed by atoms with Gasteiger partial charge in [-0.25, -0.2) is 0 Å². The second-order valence-corrected chi connectivity index (χ2v) is 9.17. The molecule has 2 aromatic rings. The molecule has 1 fully saturated rings. The fourth-order valence-corrected chi connectivity index (χ4v) is 5.40. The highest BCUT2D eigenvalue weighted by Crippen LogP contribution is 2.44. The van der Waals surface area contributed by atoms with Gasteiger partial charge >= 0.3 is 0 Å². The first-order chi connectivity index (χ1) is 15.2. The van der Waals surface area contributed by atoms with Crippen molar-refractivity contribution in [1.29, 1.82) is 0 Å². The second-order valence-electron chi connectivity index (χ2n) is 9.17. The minimum Gasteiger partial charge on any atom is -0.507 e. The van der Waals surface area contributed by atoms with Crippen LogP contribution in [0.1, 0.15) is 69.4 Å². The van der Waals surface area contributed by atoms with E-state index in [4.69, 9.17) is 4.74 Å². The summed E-state index contributed by atoms with van der Waals surface area (Å²) in [6.07, 6.45) is 11.2. The number of carbonyl (C=O) groups is 1. The average molecular weight is 422 g/mol. The molecule has 4 nitrogen and oxygen atoms in total. The summed E-state index contributed by atoms with van der Waals surface area (Å²) in [4.78, 5) is 13.5. The van der Waals surface area contributed by atoms with Gasteiger partial charge in [0.1, 0.15) is 17.8 Å².